The SMILES string of the molecule is CCNC(N)=NCc1nc(C)c(C)s1. The van der Waals surface area contributed by atoms with E-state index in [2.05, 4.69) is 22.2 Å². The lowest BCUT2D eigenvalue weighted by Gasteiger charge is -1.99. The Balaban J connectivity index is 2.57. The molecule has 1 heterocycles. The molecule has 78 valence electrons. The molecular formula is C9H16N4S. The highest BCUT2D eigenvalue weighted by Crippen LogP contribution is 2.16. The van der Waals surface area contributed by atoms with Gasteiger partial charge in [0.2, 0.25) is 0 Å². The topological polar surface area (TPSA) is 63.3 Å². The standard InChI is InChI=1S/C9H16N4S/c1-4-11-9(10)12-5-8-13-6(2)7(3)14-8/h4-5H2,1-3H3,(H3,10,11,12). The molecule has 3 N–H and O–H groups in total. The van der Waals surface area contributed by atoms with Crippen LogP contribution in [0.15, 0.2) is 4.99 Å². The van der Waals surface area contributed by atoms with Crippen LogP contribution in [0.3, 0.4) is 0 Å². The van der Waals surface area contributed by atoms with Gasteiger partial charge in [0.05, 0.1) is 12.2 Å². The Morgan fingerprint density at radius 2 is 2.29 bits per heavy atom. The maximum atomic E-state index is 5.59. The van der Waals surface area contributed by atoms with Gasteiger partial charge in [0.15, 0.2) is 5.96 Å². The molecule has 0 aliphatic rings. The van der Waals surface area contributed by atoms with Crippen molar-refractivity contribution in [2.75, 3.05) is 6.54 Å². The van der Waals surface area contributed by atoms with Gasteiger partial charge >= 0.3 is 0 Å². The number of nitrogens with zero attached hydrogens (tertiary/aromatic N) is 2. The number of aliphatic imine (C=N–C) groups is 1. The number of guanidine groups is 1. The van der Waals surface area contributed by atoms with Crippen LogP contribution in [0.2, 0.25) is 0 Å². The molecule has 0 saturated heterocycles. The van der Waals surface area contributed by atoms with Crippen molar-refractivity contribution in [3.05, 3.63) is 15.6 Å². The highest BCUT2D eigenvalue weighted by Gasteiger charge is 2.02. The van der Waals surface area contributed by atoms with Crippen LogP contribution in [0, 0.1) is 13.8 Å². The van der Waals surface area contributed by atoms with E-state index in [4.69, 9.17) is 5.73 Å². The van der Waals surface area contributed by atoms with E-state index in [-0.39, 0.29) is 0 Å². The molecule has 0 saturated carbocycles. The molecule has 0 spiro atoms. The summed E-state index contributed by atoms with van der Waals surface area (Å²) in [6, 6.07) is 0. The summed E-state index contributed by atoms with van der Waals surface area (Å²) >= 11 is 1.67. The van der Waals surface area contributed by atoms with Gasteiger partial charge in [-0.2, -0.15) is 0 Å². The number of nitrogens with one attached hydrogen (secondary N) is 1. The molecule has 0 aliphatic heterocycles. The van der Waals surface area contributed by atoms with Gasteiger partial charge in [-0.25, -0.2) is 9.98 Å². The van der Waals surface area contributed by atoms with Crippen LogP contribution in [0.5, 0.6) is 0 Å². The Morgan fingerprint density at radius 3 is 2.79 bits per heavy atom. The van der Waals surface area contributed by atoms with Gasteiger partial charge < -0.3 is 11.1 Å². The second-order valence-corrected chi connectivity index (χ2v) is 4.27. The molecule has 4 nitrogen and oxygen atoms in total. The van der Waals surface area contributed by atoms with Gasteiger partial charge in [-0.3, -0.25) is 0 Å². The van der Waals surface area contributed by atoms with E-state index in [1.165, 1.54) is 4.88 Å². The van der Waals surface area contributed by atoms with Crippen molar-refractivity contribution in [3.63, 3.8) is 0 Å². The maximum absolute atomic E-state index is 5.59. The van der Waals surface area contributed by atoms with Gasteiger partial charge in [0.25, 0.3) is 0 Å². The Bertz CT molecular complexity index is 310. The first-order valence-corrected chi connectivity index (χ1v) is 5.41. The van der Waals surface area contributed by atoms with Crippen LogP contribution in [-0.4, -0.2) is 17.5 Å². The summed E-state index contributed by atoms with van der Waals surface area (Å²) in [6.07, 6.45) is 0. The Kier molecular flexibility index (Phi) is 3.88. The van der Waals surface area contributed by atoms with E-state index in [1.54, 1.807) is 11.3 Å². The summed E-state index contributed by atoms with van der Waals surface area (Å²) in [5, 5.41) is 3.96. The van der Waals surface area contributed by atoms with E-state index in [0.717, 1.165) is 17.2 Å². The minimum atomic E-state index is 0.484. The molecule has 1 rings (SSSR count). The molecule has 0 fully saturated rings. The first-order chi connectivity index (χ1) is 6.63. The van der Waals surface area contributed by atoms with Gasteiger partial charge in [0.1, 0.15) is 5.01 Å². The normalized spacial score (nSPS) is 11.8. The van der Waals surface area contributed by atoms with Gasteiger partial charge in [-0.05, 0) is 20.8 Å². The Hall–Kier alpha value is -1.10. The summed E-state index contributed by atoms with van der Waals surface area (Å²) < 4.78 is 0. The summed E-state index contributed by atoms with van der Waals surface area (Å²) in [7, 11) is 0. The third-order valence-electron chi connectivity index (χ3n) is 1.82. The largest absolute Gasteiger partial charge is 0.370 e. The highest BCUT2D eigenvalue weighted by molar-refractivity contribution is 7.11. The zero-order valence-electron chi connectivity index (χ0n) is 8.79. The molecule has 14 heavy (non-hydrogen) atoms. The van der Waals surface area contributed by atoms with Crippen molar-refractivity contribution in [1.82, 2.24) is 10.3 Å². The molecule has 1 aromatic heterocycles. The maximum Gasteiger partial charge on any atom is 0.188 e. The highest BCUT2D eigenvalue weighted by atomic mass is 32.1. The van der Waals surface area contributed by atoms with Crippen molar-refractivity contribution in [2.24, 2.45) is 10.7 Å². The van der Waals surface area contributed by atoms with Crippen molar-refractivity contribution in [2.45, 2.75) is 27.3 Å². The molecule has 0 bridgehead atoms. The van der Waals surface area contributed by atoms with Gasteiger partial charge in [-0.15, -0.1) is 11.3 Å². The third kappa shape index (κ3) is 2.99. The van der Waals surface area contributed by atoms with Crippen LogP contribution < -0.4 is 11.1 Å². The average molecular weight is 212 g/mol. The molecule has 0 atom stereocenters. The minimum absolute atomic E-state index is 0.484. The average Bonchev–Trinajstić information content (AvgIpc) is 2.44. The number of hydrogen-bond donors (Lipinski definition) is 2. The van der Waals surface area contributed by atoms with Crippen molar-refractivity contribution < 1.29 is 0 Å². The lowest BCUT2D eigenvalue weighted by atomic mass is 10.4. The van der Waals surface area contributed by atoms with Crippen molar-refractivity contribution in [3.8, 4) is 0 Å². The quantitative estimate of drug-likeness (QED) is 0.584. The summed E-state index contributed by atoms with van der Waals surface area (Å²) in [4.78, 5) is 9.79. The van der Waals surface area contributed by atoms with E-state index < -0.39 is 0 Å². The molecule has 5 heteroatoms. The number of nitrogens with two attached hydrogens (primary N) is 1. The van der Waals surface area contributed by atoms with Crippen LogP contribution in [-0.2, 0) is 6.54 Å². The van der Waals surface area contributed by atoms with Crippen molar-refractivity contribution in [1.29, 1.82) is 0 Å². The fraction of sp³-hybridized carbons (Fsp3) is 0.556. The fourth-order valence-electron chi connectivity index (χ4n) is 0.997. The van der Waals surface area contributed by atoms with Crippen molar-refractivity contribution >= 4 is 17.3 Å². The number of aryl methyl sites for hydroxylation is 2. The summed E-state index contributed by atoms with van der Waals surface area (Å²) in [5.74, 6) is 0.484. The first kappa shape index (κ1) is 11.0. The molecule has 1 aromatic rings. The molecular weight excluding hydrogens is 196 g/mol. The molecule has 0 aliphatic carbocycles. The molecule has 0 amide bonds. The second-order valence-electron chi connectivity index (χ2n) is 2.98. The van der Waals surface area contributed by atoms with Gasteiger partial charge in [-0.1, -0.05) is 0 Å². The fourth-order valence-corrected chi connectivity index (χ4v) is 1.86. The summed E-state index contributed by atoms with van der Waals surface area (Å²) in [6.45, 7) is 7.42. The smallest absolute Gasteiger partial charge is 0.188 e. The van der Waals surface area contributed by atoms with Crippen LogP contribution in [0.1, 0.15) is 22.5 Å². The Morgan fingerprint density at radius 1 is 1.57 bits per heavy atom. The lowest BCUT2D eigenvalue weighted by molar-refractivity contribution is 0.919. The molecule has 0 radical (unpaired) electrons. The number of thiazole rings is 1. The summed E-state index contributed by atoms with van der Waals surface area (Å²) in [5.41, 5.74) is 6.68. The number of aromatic nitrogens is 1. The predicted molar refractivity (Wildman–Crippen MR) is 60.6 cm³/mol. The van der Waals surface area contributed by atoms with E-state index in [0.29, 0.717) is 12.5 Å². The zero-order valence-corrected chi connectivity index (χ0v) is 9.61. The van der Waals surface area contributed by atoms with E-state index in [1.807, 2.05) is 13.8 Å². The third-order valence-corrected chi connectivity index (χ3v) is 2.87. The van der Waals surface area contributed by atoms with Crippen LogP contribution in [0.4, 0.5) is 0 Å². The number of hydrogen-bond acceptors (Lipinski definition) is 3. The van der Waals surface area contributed by atoms with Gasteiger partial charge in [0, 0.05) is 11.4 Å². The minimum Gasteiger partial charge on any atom is -0.370 e. The van der Waals surface area contributed by atoms with Crippen LogP contribution >= 0.6 is 11.3 Å². The van der Waals surface area contributed by atoms with Crippen LogP contribution in [0.25, 0.3) is 0 Å². The predicted octanol–water partition coefficient (Wildman–Crippen LogP) is 1.18. The molecule has 0 aromatic carbocycles. The Labute approximate surface area is 88.3 Å². The second kappa shape index (κ2) is 4.95. The van der Waals surface area contributed by atoms with E-state index in [9.17, 15) is 0 Å². The monoisotopic (exact) mass is 212 g/mol. The lowest BCUT2D eigenvalue weighted by Crippen LogP contribution is -2.31. The number of rotatable bonds is 3. The first-order valence-electron chi connectivity index (χ1n) is 4.60. The zero-order chi connectivity index (χ0) is 10.6. The van der Waals surface area contributed by atoms with E-state index >= 15 is 0 Å². The molecule has 0 unspecified atom stereocenters.